The van der Waals surface area contributed by atoms with Crippen molar-refractivity contribution in [2.45, 2.75) is 70.4 Å². The quantitative estimate of drug-likeness (QED) is 0.810. The molecule has 0 aromatic rings. The molecule has 1 heterocycles. The summed E-state index contributed by atoms with van der Waals surface area (Å²) in [5, 5.41) is 12.8. The maximum absolute atomic E-state index is 12.6. The Morgan fingerprint density at radius 2 is 1.95 bits per heavy atom. The first kappa shape index (κ1) is 15.8. The van der Waals surface area contributed by atoms with Crippen LogP contribution in [-0.2, 0) is 4.79 Å². The number of amides is 1. The van der Waals surface area contributed by atoms with Crippen LogP contribution in [-0.4, -0.2) is 47.7 Å². The highest BCUT2D eigenvalue weighted by atomic mass is 16.3. The normalized spacial score (nSPS) is 28.3. The van der Waals surface area contributed by atoms with Gasteiger partial charge in [0.1, 0.15) is 0 Å². The second kappa shape index (κ2) is 7.99. The van der Waals surface area contributed by atoms with Crippen molar-refractivity contribution < 1.29 is 9.90 Å². The van der Waals surface area contributed by atoms with E-state index in [4.69, 9.17) is 0 Å². The van der Waals surface area contributed by atoms with Gasteiger partial charge in [-0.1, -0.05) is 26.2 Å². The van der Waals surface area contributed by atoms with Gasteiger partial charge in [-0.05, 0) is 38.1 Å². The summed E-state index contributed by atoms with van der Waals surface area (Å²) in [7, 11) is 0. The Morgan fingerprint density at radius 3 is 2.60 bits per heavy atom. The molecule has 116 valence electrons. The molecule has 1 amide bonds. The summed E-state index contributed by atoms with van der Waals surface area (Å²) in [5.41, 5.74) is 0. The summed E-state index contributed by atoms with van der Waals surface area (Å²) in [6.07, 6.45) is 8.98. The first-order valence-corrected chi connectivity index (χ1v) is 8.36. The molecule has 2 fully saturated rings. The molecule has 1 saturated carbocycles. The Labute approximate surface area is 122 Å². The third-order valence-corrected chi connectivity index (χ3v) is 5.00. The zero-order valence-corrected chi connectivity index (χ0v) is 12.8. The van der Waals surface area contributed by atoms with Gasteiger partial charge in [-0.2, -0.15) is 0 Å². The molecule has 0 aromatic heterocycles. The van der Waals surface area contributed by atoms with Crippen molar-refractivity contribution in [2.75, 3.05) is 19.7 Å². The van der Waals surface area contributed by atoms with E-state index in [1.165, 1.54) is 32.1 Å². The number of carbonyl (C=O) groups excluding carboxylic acids is 1. The van der Waals surface area contributed by atoms with Crippen molar-refractivity contribution >= 4 is 5.91 Å². The maximum atomic E-state index is 12.6. The predicted molar refractivity (Wildman–Crippen MR) is 80.5 cm³/mol. The Bertz CT molecular complexity index is 303. The lowest BCUT2D eigenvalue weighted by Crippen LogP contribution is -2.48. The molecule has 0 spiro atoms. The van der Waals surface area contributed by atoms with Gasteiger partial charge in [0.15, 0.2) is 0 Å². The Kier molecular flexibility index (Phi) is 6.30. The zero-order valence-electron chi connectivity index (χ0n) is 12.8. The first-order chi connectivity index (χ1) is 9.72. The number of aliphatic hydroxyl groups is 1. The van der Waals surface area contributed by atoms with Gasteiger partial charge in [-0.3, -0.25) is 4.79 Å². The summed E-state index contributed by atoms with van der Waals surface area (Å²) in [4.78, 5) is 14.6. The van der Waals surface area contributed by atoms with Crippen molar-refractivity contribution in [3.8, 4) is 0 Å². The second-order valence-electron chi connectivity index (χ2n) is 6.49. The molecule has 0 radical (unpaired) electrons. The van der Waals surface area contributed by atoms with Crippen LogP contribution in [0.15, 0.2) is 0 Å². The van der Waals surface area contributed by atoms with E-state index in [-0.39, 0.29) is 12.5 Å². The van der Waals surface area contributed by atoms with Crippen LogP contribution in [0.4, 0.5) is 0 Å². The van der Waals surface area contributed by atoms with Crippen molar-refractivity contribution in [1.29, 1.82) is 0 Å². The van der Waals surface area contributed by atoms with Crippen LogP contribution in [0.2, 0.25) is 0 Å². The van der Waals surface area contributed by atoms with E-state index in [1.807, 2.05) is 4.90 Å². The molecule has 2 rings (SSSR count). The molecular weight excluding hydrogens is 252 g/mol. The van der Waals surface area contributed by atoms with Gasteiger partial charge in [0, 0.05) is 25.0 Å². The number of carbonyl (C=O) groups is 1. The average Bonchev–Trinajstić information content (AvgIpc) is 2.48. The van der Waals surface area contributed by atoms with Gasteiger partial charge in [0.25, 0.3) is 0 Å². The predicted octanol–water partition coefficient (Wildman–Crippen LogP) is 1.92. The number of aliphatic hydroxyl groups excluding tert-OH is 1. The summed E-state index contributed by atoms with van der Waals surface area (Å²) < 4.78 is 0. The number of rotatable bonds is 5. The van der Waals surface area contributed by atoms with Gasteiger partial charge in [0.2, 0.25) is 5.91 Å². The Hall–Kier alpha value is -0.610. The molecule has 2 N–H and O–H groups in total. The molecule has 4 nitrogen and oxygen atoms in total. The number of nitrogens with one attached hydrogen (secondary N) is 1. The zero-order chi connectivity index (χ0) is 14.4. The van der Waals surface area contributed by atoms with Gasteiger partial charge < -0.3 is 15.3 Å². The Morgan fingerprint density at radius 1 is 1.20 bits per heavy atom. The highest BCUT2D eigenvalue weighted by molar-refractivity contribution is 5.77. The number of piperidine rings is 1. The van der Waals surface area contributed by atoms with Crippen LogP contribution < -0.4 is 5.32 Å². The van der Waals surface area contributed by atoms with Crippen LogP contribution in [0.25, 0.3) is 0 Å². The lowest BCUT2D eigenvalue weighted by atomic mass is 9.89. The van der Waals surface area contributed by atoms with Crippen molar-refractivity contribution in [2.24, 2.45) is 5.92 Å². The fourth-order valence-electron chi connectivity index (χ4n) is 3.70. The molecule has 1 aliphatic heterocycles. The molecule has 2 unspecified atom stereocenters. The summed E-state index contributed by atoms with van der Waals surface area (Å²) in [6.45, 7) is 3.85. The maximum Gasteiger partial charge on any atom is 0.224 e. The topological polar surface area (TPSA) is 52.6 Å². The van der Waals surface area contributed by atoms with Crippen molar-refractivity contribution in [1.82, 2.24) is 10.2 Å². The number of hydrogen-bond donors (Lipinski definition) is 2. The lowest BCUT2D eigenvalue weighted by molar-refractivity contribution is -0.135. The minimum Gasteiger partial charge on any atom is -0.395 e. The lowest BCUT2D eigenvalue weighted by Gasteiger charge is -2.36. The number of nitrogens with zero attached hydrogens (tertiary/aromatic N) is 1. The largest absolute Gasteiger partial charge is 0.395 e. The molecule has 0 aromatic carbocycles. The highest BCUT2D eigenvalue weighted by Gasteiger charge is 2.29. The minimum absolute atomic E-state index is 0.0793. The third kappa shape index (κ3) is 4.19. The standard InChI is InChI=1S/C16H30N2O2/c1-13-6-5-9-17-15(13)12-16(20)18(10-11-19)14-7-3-2-4-8-14/h13-15,17,19H,2-12H2,1H3. The van der Waals surface area contributed by atoms with Gasteiger partial charge in [-0.25, -0.2) is 0 Å². The SMILES string of the molecule is CC1CCCNC1CC(=O)N(CCO)C1CCCCC1. The van der Waals surface area contributed by atoms with Crippen molar-refractivity contribution in [3.63, 3.8) is 0 Å². The second-order valence-corrected chi connectivity index (χ2v) is 6.49. The van der Waals surface area contributed by atoms with E-state index >= 15 is 0 Å². The fourth-order valence-corrected chi connectivity index (χ4v) is 3.70. The van der Waals surface area contributed by atoms with Crippen LogP contribution in [0, 0.1) is 5.92 Å². The van der Waals surface area contributed by atoms with Crippen LogP contribution in [0.5, 0.6) is 0 Å². The van der Waals surface area contributed by atoms with Gasteiger partial charge in [-0.15, -0.1) is 0 Å². The first-order valence-electron chi connectivity index (χ1n) is 8.36. The fraction of sp³-hybridized carbons (Fsp3) is 0.938. The molecule has 2 atom stereocenters. The van der Waals surface area contributed by atoms with Crippen LogP contribution in [0.3, 0.4) is 0 Å². The van der Waals surface area contributed by atoms with E-state index in [0.717, 1.165) is 19.4 Å². The van der Waals surface area contributed by atoms with Crippen molar-refractivity contribution in [3.05, 3.63) is 0 Å². The third-order valence-electron chi connectivity index (χ3n) is 5.00. The smallest absolute Gasteiger partial charge is 0.224 e. The molecule has 1 saturated heterocycles. The molecule has 1 aliphatic carbocycles. The van der Waals surface area contributed by atoms with E-state index in [1.54, 1.807) is 0 Å². The van der Waals surface area contributed by atoms with Crippen LogP contribution >= 0.6 is 0 Å². The van der Waals surface area contributed by atoms with E-state index in [2.05, 4.69) is 12.2 Å². The molecule has 0 bridgehead atoms. The number of hydrogen-bond acceptors (Lipinski definition) is 3. The van der Waals surface area contributed by atoms with Crippen LogP contribution in [0.1, 0.15) is 58.3 Å². The highest BCUT2D eigenvalue weighted by Crippen LogP contribution is 2.25. The van der Waals surface area contributed by atoms with Gasteiger partial charge >= 0.3 is 0 Å². The monoisotopic (exact) mass is 282 g/mol. The van der Waals surface area contributed by atoms with E-state index in [9.17, 15) is 9.90 Å². The van der Waals surface area contributed by atoms with E-state index < -0.39 is 0 Å². The Balaban J connectivity index is 1.91. The molecular formula is C16H30N2O2. The molecule has 2 aliphatic rings. The van der Waals surface area contributed by atoms with Gasteiger partial charge in [0.05, 0.1) is 6.61 Å². The summed E-state index contributed by atoms with van der Waals surface area (Å²) >= 11 is 0. The molecule has 4 heteroatoms. The minimum atomic E-state index is 0.0793. The summed E-state index contributed by atoms with van der Waals surface area (Å²) in [6, 6.07) is 0.684. The summed E-state index contributed by atoms with van der Waals surface area (Å²) in [5.74, 6) is 0.812. The average molecular weight is 282 g/mol. The molecule has 20 heavy (non-hydrogen) atoms. The van der Waals surface area contributed by atoms with E-state index in [0.29, 0.717) is 31.0 Å².